The monoisotopic (exact) mass is 347 g/mol. The number of halogens is 1. The Morgan fingerprint density at radius 3 is 2.86 bits per heavy atom. The number of fused-ring (bicyclic) bond motifs is 1. The molecular weight excluding hydrogens is 338 g/mol. The molecule has 0 fully saturated rings. The Hall–Kier alpha value is -2.41. The van der Waals surface area contributed by atoms with Gasteiger partial charge in [-0.2, -0.15) is 4.98 Å². The van der Waals surface area contributed by atoms with Crippen LogP contribution in [0.4, 0.5) is 11.7 Å². The van der Waals surface area contributed by atoms with Gasteiger partial charge in [-0.1, -0.05) is 34.1 Å². The van der Waals surface area contributed by atoms with Crippen molar-refractivity contribution in [1.82, 2.24) is 4.98 Å². The van der Waals surface area contributed by atoms with Crippen LogP contribution in [0.1, 0.15) is 5.56 Å². The zero-order chi connectivity index (χ0) is 14.8. The number of nitro groups is 1. The summed E-state index contributed by atoms with van der Waals surface area (Å²) in [5, 5.41) is 13.8. The first kappa shape index (κ1) is 13.6. The van der Waals surface area contributed by atoms with Crippen molar-refractivity contribution in [2.45, 2.75) is 6.54 Å². The molecule has 0 aliphatic carbocycles. The molecule has 0 saturated carbocycles. The lowest BCUT2D eigenvalue weighted by Crippen LogP contribution is -1.99. The second kappa shape index (κ2) is 5.53. The summed E-state index contributed by atoms with van der Waals surface area (Å²) >= 11 is 3.46. The minimum atomic E-state index is -0.462. The summed E-state index contributed by atoms with van der Waals surface area (Å²) in [5.74, 6) is 0. The van der Waals surface area contributed by atoms with Crippen molar-refractivity contribution in [3.8, 4) is 0 Å². The van der Waals surface area contributed by atoms with Crippen LogP contribution in [-0.2, 0) is 6.54 Å². The molecule has 0 radical (unpaired) electrons. The maximum absolute atomic E-state index is 10.7. The predicted octanol–water partition coefficient (Wildman–Crippen LogP) is 4.11. The smallest absolute Gasteiger partial charge is 0.295 e. The highest BCUT2D eigenvalue weighted by Gasteiger charge is 2.11. The van der Waals surface area contributed by atoms with Crippen LogP contribution in [0.25, 0.3) is 11.1 Å². The fraction of sp³-hybridized carbons (Fsp3) is 0.0714. The molecule has 1 aromatic heterocycles. The third kappa shape index (κ3) is 2.87. The van der Waals surface area contributed by atoms with Gasteiger partial charge in [-0.25, -0.2) is 0 Å². The summed E-state index contributed by atoms with van der Waals surface area (Å²) in [6.07, 6.45) is 0. The Morgan fingerprint density at radius 2 is 2.10 bits per heavy atom. The Kier molecular flexibility index (Phi) is 3.57. The van der Waals surface area contributed by atoms with E-state index < -0.39 is 4.92 Å². The summed E-state index contributed by atoms with van der Waals surface area (Å²) in [4.78, 5) is 14.5. The minimum absolute atomic E-state index is 0.0176. The van der Waals surface area contributed by atoms with Gasteiger partial charge in [0.25, 0.3) is 11.7 Å². The van der Waals surface area contributed by atoms with Crippen LogP contribution in [-0.4, -0.2) is 9.91 Å². The molecule has 0 saturated heterocycles. The molecule has 1 heterocycles. The number of nitrogens with one attached hydrogen (secondary N) is 1. The Balaban J connectivity index is 1.82. The highest BCUT2D eigenvalue weighted by molar-refractivity contribution is 9.10. The van der Waals surface area contributed by atoms with Gasteiger partial charge in [0.1, 0.15) is 5.52 Å². The second-order valence-corrected chi connectivity index (χ2v) is 5.23. The number of hydrogen-bond donors (Lipinski definition) is 1. The molecule has 7 heteroatoms. The van der Waals surface area contributed by atoms with Crippen LogP contribution in [0.5, 0.6) is 0 Å². The fourth-order valence-electron chi connectivity index (χ4n) is 1.92. The van der Waals surface area contributed by atoms with E-state index in [1.54, 1.807) is 6.07 Å². The molecule has 0 bridgehead atoms. The van der Waals surface area contributed by atoms with Gasteiger partial charge in [-0.3, -0.25) is 10.1 Å². The molecule has 0 unspecified atom stereocenters. The van der Waals surface area contributed by atoms with Crippen LogP contribution >= 0.6 is 15.9 Å². The van der Waals surface area contributed by atoms with Crippen molar-refractivity contribution in [3.63, 3.8) is 0 Å². The van der Waals surface area contributed by atoms with E-state index >= 15 is 0 Å². The molecule has 2 aromatic carbocycles. The van der Waals surface area contributed by atoms with Crippen LogP contribution in [0, 0.1) is 10.1 Å². The Morgan fingerprint density at radius 1 is 1.29 bits per heavy atom. The number of oxazole rings is 1. The molecule has 0 atom stereocenters. The largest absolute Gasteiger partial charge is 0.423 e. The van der Waals surface area contributed by atoms with Crippen molar-refractivity contribution < 1.29 is 9.34 Å². The van der Waals surface area contributed by atoms with Crippen molar-refractivity contribution in [2.75, 3.05) is 5.32 Å². The number of rotatable bonds is 4. The van der Waals surface area contributed by atoms with E-state index in [2.05, 4.69) is 26.2 Å². The lowest BCUT2D eigenvalue weighted by Gasteiger charge is -2.03. The van der Waals surface area contributed by atoms with Gasteiger partial charge in [0.15, 0.2) is 5.58 Å². The van der Waals surface area contributed by atoms with Gasteiger partial charge in [0.05, 0.1) is 11.0 Å². The van der Waals surface area contributed by atoms with E-state index in [0.29, 0.717) is 23.7 Å². The van der Waals surface area contributed by atoms with E-state index in [4.69, 9.17) is 4.42 Å². The first-order valence-corrected chi connectivity index (χ1v) is 6.95. The SMILES string of the molecule is O=[N+]([O-])c1ccc2nc(NCc3ccccc3Br)oc2c1. The van der Waals surface area contributed by atoms with E-state index in [0.717, 1.165) is 10.0 Å². The van der Waals surface area contributed by atoms with E-state index in [9.17, 15) is 10.1 Å². The number of anilines is 1. The topological polar surface area (TPSA) is 81.2 Å². The van der Waals surface area contributed by atoms with E-state index in [1.807, 2.05) is 24.3 Å². The molecule has 0 amide bonds. The number of aromatic nitrogens is 1. The van der Waals surface area contributed by atoms with E-state index in [-0.39, 0.29) is 5.69 Å². The van der Waals surface area contributed by atoms with Crippen LogP contribution < -0.4 is 5.32 Å². The predicted molar refractivity (Wildman–Crippen MR) is 82.1 cm³/mol. The second-order valence-electron chi connectivity index (χ2n) is 4.37. The number of hydrogen-bond acceptors (Lipinski definition) is 5. The van der Waals surface area contributed by atoms with Gasteiger partial charge in [0.2, 0.25) is 0 Å². The third-order valence-electron chi connectivity index (χ3n) is 2.97. The van der Waals surface area contributed by atoms with Crippen LogP contribution in [0.15, 0.2) is 51.4 Å². The zero-order valence-electron chi connectivity index (χ0n) is 10.7. The Bertz CT molecular complexity index is 816. The van der Waals surface area contributed by atoms with Gasteiger partial charge >= 0.3 is 0 Å². The van der Waals surface area contributed by atoms with Crippen molar-refractivity contribution in [3.05, 3.63) is 62.6 Å². The fourth-order valence-corrected chi connectivity index (χ4v) is 2.34. The summed E-state index contributed by atoms with van der Waals surface area (Å²) in [5.41, 5.74) is 2.01. The quantitative estimate of drug-likeness (QED) is 0.567. The maximum atomic E-state index is 10.7. The Labute approximate surface area is 128 Å². The molecule has 0 spiro atoms. The van der Waals surface area contributed by atoms with Crippen LogP contribution in [0.3, 0.4) is 0 Å². The molecule has 0 aliphatic rings. The average Bonchev–Trinajstić information content (AvgIpc) is 2.88. The summed E-state index contributed by atoms with van der Waals surface area (Å²) in [6.45, 7) is 0.538. The molecular formula is C14H10BrN3O3. The molecule has 6 nitrogen and oxygen atoms in total. The number of benzene rings is 2. The van der Waals surface area contributed by atoms with Gasteiger partial charge in [-0.15, -0.1) is 0 Å². The lowest BCUT2D eigenvalue weighted by molar-refractivity contribution is -0.384. The first-order chi connectivity index (χ1) is 10.1. The standard InChI is InChI=1S/C14H10BrN3O3/c15-11-4-2-1-3-9(11)8-16-14-17-12-6-5-10(18(19)20)7-13(12)21-14/h1-7H,8H2,(H,16,17). The summed E-state index contributed by atoms with van der Waals surface area (Å²) in [6, 6.07) is 12.5. The number of nitro benzene ring substituents is 1. The third-order valence-corrected chi connectivity index (χ3v) is 3.74. The summed E-state index contributed by atoms with van der Waals surface area (Å²) < 4.78 is 6.47. The maximum Gasteiger partial charge on any atom is 0.295 e. The number of non-ortho nitro benzene ring substituents is 1. The lowest BCUT2D eigenvalue weighted by atomic mass is 10.2. The van der Waals surface area contributed by atoms with Gasteiger partial charge < -0.3 is 9.73 Å². The molecule has 0 aliphatic heterocycles. The molecule has 106 valence electrons. The van der Waals surface area contributed by atoms with Crippen molar-refractivity contribution >= 4 is 38.7 Å². The first-order valence-electron chi connectivity index (χ1n) is 6.16. The zero-order valence-corrected chi connectivity index (χ0v) is 12.3. The molecule has 3 rings (SSSR count). The minimum Gasteiger partial charge on any atom is -0.423 e. The highest BCUT2D eigenvalue weighted by atomic mass is 79.9. The van der Waals surface area contributed by atoms with Crippen molar-refractivity contribution in [2.24, 2.45) is 0 Å². The molecule has 3 aromatic rings. The van der Waals surface area contributed by atoms with Crippen LogP contribution in [0.2, 0.25) is 0 Å². The number of nitrogens with zero attached hydrogens (tertiary/aromatic N) is 2. The summed E-state index contributed by atoms with van der Waals surface area (Å²) in [7, 11) is 0. The van der Waals surface area contributed by atoms with E-state index in [1.165, 1.54) is 12.1 Å². The molecule has 21 heavy (non-hydrogen) atoms. The van der Waals surface area contributed by atoms with Gasteiger partial charge in [0, 0.05) is 17.1 Å². The molecule has 1 N–H and O–H groups in total. The van der Waals surface area contributed by atoms with Crippen molar-refractivity contribution in [1.29, 1.82) is 0 Å². The van der Waals surface area contributed by atoms with Gasteiger partial charge in [-0.05, 0) is 17.7 Å². The average molecular weight is 348 g/mol. The highest BCUT2D eigenvalue weighted by Crippen LogP contribution is 2.24. The normalized spacial score (nSPS) is 10.7.